The van der Waals surface area contributed by atoms with Crippen LogP contribution in [-0.2, 0) is 9.59 Å². The molecule has 0 saturated heterocycles. The van der Waals surface area contributed by atoms with Gasteiger partial charge >= 0.3 is 0 Å². The van der Waals surface area contributed by atoms with Gasteiger partial charge < -0.3 is 19.9 Å². The molecule has 2 aromatic rings. The van der Waals surface area contributed by atoms with Crippen molar-refractivity contribution in [3.63, 3.8) is 0 Å². The molecule has 0 radical (unpaired) electrons. The van der Waals surface area contributed by atoms with Crippen molar-refractivity contribution < 1.29 is 14.3 Å². The number of benzene rings is 1. The van der Waals surface area contributed by atoms with E-state index < -0.39 is 0 Å². The fraction of sp³-hybridized carbons (Fsp3) is 0.333. The average molecular weight is 345 g/mol. The molecule has 124 valence electrons. The number of aromatic nitrogens is 3. The highest BCUT2D eigenvalue weighted by atomic mass is 32.2. The van der Waals surface area contributed by atoms with Crippen molar-refractivity contribution in [3.8, 4) is 5.75 Å². The molecule has 0 spiro atoms. The number of hydrogen-bond acceptors (Lipinski definition) is 6. The molecule has 24 heavy (non-hydrogen) atoms. The first kappa shape index (κ1) is 15.0. The predicted molar refractivity (Wildman–Crippen MR) is 88.2 cm³/mol. The molecule has 1 aromatic heterocycles. The summed E-state index contributed by atoms with van der Waals surface area (Å²) in [6.07, 6.45) is 3.99. The lowest BCUT2D eigenvalue weighted by Gasteiger charge is -2.18. The summed E-state index contributed by atoms with van der Waals surface area (Å²) >= 11 is 1.36. The van der Waals surface area contributed by atoms with Gasteiger partial charge in [0.1, 0.15) is 12.1 Å². The molecule has 2 N–H and O–H groups in total. The van der Waals surface area contributed by atoms with Crippen molar-refractivity contribution in [2.75, 3.05) is 23.0 Å². The van der Waals surface area contributed by atoms with Crippen LogP contribution in [0.4, 0.5) is 11.4 Å². The van der Waals surface area contributed by atoms with E-state index in [1.54, 1.807) is 24.5 Å². The first-order chi connectivity index (χ1) is 11.7. The molecule has 9 heteroatoms. The second-order valence-electron chi connectivity index (χ2n) is 5.64. The fourth-order valence-corrected chi connectivity index (χ4v) is 3.21. The van der Waals surface area contributed by atoms with Gasteiger partial charge in [-0.3, -0.25) is 9.59 Å². The van der Waals surface area contributed by atoms with Gasteiger partial charge in [0.15, 0.2) is 11.8 Å². The lowest BCUT2D eigenvalue weighted by Crippen LogP contribution is -2.25. The Morgan fingerprint density at radius 1 is 1.46 bits per heavy atom. The molecule has 2 amide bonds. The molecule has 1 aliphatic carbocycles. The van der Waals surface area contributed by atoms with Crippen molar-refractivity contribution >= 4 is 35.0 Å². The summed E-state index contributed by atoms with van der Waals surface area (Å²) in [6.45, 7) is 0.0109. The molecule has 0 unspecified atom stereocenters. The number of rotatable bonds is 5. The molecular formula is C15H15N5O3S. The van der Waals surface area contributed by atoms with Crippen molar-refractivity contribution in [2.24, 2.45) is 0 Å². The minimum atomic E-state index is -0.207. The number of amides is 2. The second kappa shape index (κ2) is 6.16. The van der Waals surface area contributed by atoms with Crippen LogP contribution in [0.3, 0.4) is 0 Å². The Bertz CT molecular complexity index is 802. The van der Waals surface area contributed by atoms with Crippen LogP contribution in [-0.4, -0.2) is 38.9 Å². The van der Waals surface area contributed by atoms with Gasteiger partial charge in [-0.15, -0.1) is 10.2 Å². The first-order valence-electron chi connectivity index (χ1n) is 7.58. The van der Waals surface area contributed by atoms with Gasteiger partial charge in [0, 0.05) is 11.7 Å². The number of ether oxygens (including phenoxy) is 1. The van der Waals surface area contributed by atoms with E-state index in [9.17, 15) is 9.59 Å². The SMILES string of the molecule is O=C(CSc1nncn1C1CC1)Nc1ccc2c(c1)NC(=O)CO2. The monoisotopic (exact) mass is 345 g/mol. The molecule has 1 aromatic carbocycles. The maximum Gasteiger partial charge on any atom is 0.262 e. The van der Waals surface area contributed by atoms with Gasteiger partial charge in [-0.1, -0.05) is 11.8 Å². The average Bonchev–Trinajstić information content (AvgIpc) is 3.31. The number of thioether (sulfide) groups is 1. The van der Waals surface area contributed by atoms with E-state index in [2.05, 4.69) is 20.8 Å². The maximum atomic E-state index is 12.1. The zero-order valence-corrected chi connectivity index (χ0v) is 13.5. The summed E-state index contributed by atoms with van der Waals surface area (Å²) in [5, 5.41) is 14.2. The van der Waals surface area contributed by atoms with Crippen LogP contribution < -0.4 is 15.4 Å². The number of fused-ring (bicyclic) bond motifs is 1. The van der Waals surface area contributed by atoms with Crippen LogP contribution in [0.15, 0.2) is 29.7 Å². The second-order valence-corrected chi connectivity index (χ2v) is 6.58. The van der Waals surface area contributed by atoms with Gasteiger partial charge in [0.25, 0.3) is 5.91 Å². The topological polar surface area (TPSA) is 98.1 Å². The first-order valence-corrected chi connectivity index (χ1v) is 8.56. The minimum absolute atomic E-state index is 0.0109. The van der Waals surface area contributed by atoms with Gasteiger partial charge in [-0.25, -0.2) is 0 Å². The van der Waals surface area contributed by atoms with E-state index in [1.807, 2.05) is 4.57 Å². The predicted octanol–water partition coefficient (Wildman–Crippen LogP) is 1.67. The molecule has 0 bridgehead atoms. The molecule has 2 aliphatic rings. The maximum absolute atomic E-state index is 12.1. The zero-order chi connectivity index (χ0) is 16.5. The normalized spacial score (nSPS) is 16.1. The van der Waals surface area contributed by atoms with Gasteiger partial charge in [-0.05, 0) is 31.0 Å². The molecule has 8 nitrogen and oxygen atoms in total. The van der Waals surface area contributed by atoms with E-state index in [1.165, 1.54) is 11.8 Å². The van der Waals surface area contributed by atoms with E-state index in [4.69, 9.17) is 4.74 Å². The van der Waals surface area contributed by atoms with Crippen LogP contribution >= 0.6 is 11.8 Å². The third-order valence-electron chi connectivity index (χ3n) is 3.71. The van der Waals surface area contributed by atoms with Crippen LogP contribution in [0.2, 0.25) is 0 Å². The highest BCUT2D eigenvalue weighted by molar-refractivity contribution is 7.99. The third kappa shape index (κ3) is 3.21. The molecular weight excluding hydrogens is 330 g/mol. The van der Waals surface area contributed by atoms with E-state index in [0.29, 0.717) is 23.2 Å². The van der Waals surface area contributed by atoms with E-state index in [0.717, 1.165) is 18.0 Å². The number of nitrogens with zero attached hydrogens (tertiary/aromatic N) is 3. The highest BCUT2D eigenvalue weighted by Gasteiger charge is 2.26. The zero-order valence-electron chi connectivity index (χ0n) is 12.7. The number of hydrogen-bond donors (Lipinski definition) is 2. The Hall–Kier alpha value is -2.55. The van der Waals surface area contributed by atoms with Crippen molar-refractivity contribution in [1.82, 2.24) is 14.8 Å². The number of carbonyl (C=O) groups excluding carboxylic acids is 2. The lowest BCUT2D eigenvalue weighted by molar-refractivity contribution is -0.118. The van der Waals surface area contributed by atoms with E-state index in [-0.39, 0.29) is 24.2 Å². The largest absolute Gasteiger partial charge is 0.482 e. The van der Waals surface area contributed by atoms with Crippen LogP contribution in [0, 0.1) is 0 Å². The van der Waals surface area contributed by atoms with Crippen molar-refractivity contribution in [1.29, 1.82) is 0 Å². The molecule has 2 heterocycles. The lowest BCUT2D eigenvalue weighted by atomic mass is 10.2. The fourth-order valence-electron chi connectivity index (χ4n) is 2.43. The Morgan fingerprint density at radius 2 is 2.33 bits per heavy atom. The van der Waals surface area contributed by atoms with Crippen molar-refractivity contribution in [3.05, 3.63) is 24.5 Å². The standard InChI is InChI=1S/C15H15N5O3S/c21-13-6-23-12-4-1-9(5-11(12)18-13)17-14(22)7-24-15-19-16-8-20(15)10-2-3-10/h1,4-5,8,10H,2-3,6-7H2,(H,17,22)(H,18,21). The van der Waals surface area contributed by atoms with E-state index >= 15 is 0 Å². The molecule has 1 fully saturated rings. The van der Waals surface area contributed by atoms with Crippen LogP contribution in [0.5, 0.6) is 5.75 Å². The van der Waals surface area contributed by atoms with Crippen LogP contribution in [0.25, 0.3) is 0 Å². The number of anilines is 2. The summed E-state index contributed by atoms with van der Waals surface area (Å²) in [6, 6.07) is 5.63. The quantitative estimate of drug-likeness (QED) is 0.800. The Morgan fingerprint density at radius 3 is 3.17 bits per heavy atom. The van der Waals surface area contributed by atoms with Crippen LogP contribution in [0.1, 0.15) is 18.9 Å². The Labute approximate surface area is 142 Å². The Kier molecular flexibility index (Phi) is 3.85. The summed E-state index contributed by atoms with van der Waals surface area (Å²) < 4.78 is 7.30. The summed E-state index contributed by atoms with van der Waals surface area (Å²) in [5.41, 5.74) is 1.17. The Balaban J connectivity index is 1.36. The van der Waals surface area contributed by atoms with Gasteiger partial charge in [-0.2, -0.15) is 0 Å². The van der Waals surface area contributed by atoms with Crippen molar-refractivity contribution in [2.45, 2.75) is 24.0 Å². The molecule has 0 atom stereocenters. The molecule has 4 rings (SSSR count). The number of carbonyl (C=O) groups is 2. The minimum Gasteiger partial charge on any atom is -0.482 e. The van der Waals surface area contributed by atoms with Gasteiger partial charge in [0.2, 0.25) is 5.91 Å². The van der Waals surface area contributed by atoms with Gasteiger partial charge in [0.05, 0.1) is 11.4 Å². The smallest absolute Gasteiger partial charge is 0.262 e. The molecule has 1 saturated carbocycles. The summed E-state index contributed by atoms with van der Waals surface area (Å²) in [5.74, 6) is 0.486. The molecule has 1 aliphatic heterocycles. The third-order valence-corrected chi connectivity index (χ3v) is 4.67. The summed E-state index contributed by atoms with van der Waals surface area (Å²) in [4.78, 5) is 23.5. The summed E-state index contributed by atoms with van der Waals surface area (Å²) in [7, 11) is 0. The highest BCUT2D eigenvalue weighted by Crippen LogP contribution is 2.37. The number of nitrogens with one attached hydrogen (secondary N) is 2.